The molecular formula is C13H17BrClN3O. The van der Waals surface area contributed by atoms with Crippen LogP contribution < -0.4 is 0 Å². The van der Waals surface area contributed by atoms with Crippen LogP contribution in [-0.2, 0) is 10.3 Å². The number of ether oxygens (including phenoxy) is 1. The third-order valence-electron chi connectivity index (χ3n) is 2.95. The molecule has 19 heavy (non-hydrogen) atoms. The monoisotopic (exact) mass is 345 g/mol. The molecule has 1 unspecified atom stereocenters. The second-order valence-electron chi connectivity index (χ2n) is 5.16. The molecule has 0 fully saturated rings. The molecule has 0 bridgehead atoms. The van der Waals surface area contributed by atoms with Crippen molar-refractivity contribution in [2.75, 3.05) is 13.7 Å². The molecule has 0 aliphatic heterocycles. The van der Waals surface area contributed by atoms with E-state index in [1.807, 2.05) is 13.0 Å². The van der Waals surface area contributed by atoms with Gasteiger partial charge < -0.3 is 9.30 Å². The molecule has 0 saturated carbocycles. The third kappa shape index (κ3) is 2.78. The number of rotatable bonds is 4. The number of alkyl halides is 1. The van der Waals surface area contributed by atoms with Crippen molar-refractivity contribution in [1.29, 1.82) is 0 Å². The van der Waals surface area contributed by atoms with E-state index in [9.17, 15) is 0 Å². The highest BCUT2D eigenvalue weighted by Gasteiger charge is 2.28. The Kier molecular flexibility index (Phi) is 4.18. The van der Waals surface area contributed by atoms with Crippen LogP contribution in [0.3, 0.4) is 0 Å². The van der Waals surface area contributed by atoms with Crippen molar-refractivity contribution in [3.8, 4) is 0 Å². The largest absolute Gasteiger partial charge is 0.382 e. The molecule has 0 aromatic carbocycles. The smallest absolute Gasteiger partial charge is 0.160 e. The summed E-state index contributed by atoms with van der Waals surface area (Å²) in [5.74, 6) is 0.810. The molecule has 6 heteroatoms. The zero-order valence-electron chi connectivity index (χ0n) is 11.4. The summed E-state index contributed by atoms with van der Waals surface area (Å²) in [6, 6.07) is 1.95. The van der Waals surface area contributed by atoms with Crippen LogP contribution in [0.15, 0.2) is 16.7 Å². The van der Waals surface area contributed by atoms with Gasteiger partial charge in [0, 0.05) is 17.8 Å². The van der Waals surface area contributed by atoms with Crippen LogP contribution >= 0.6 is 27.5 Å². The Labute approximate surface area is 126 Å². The van der Waals surface area contributed by atoms with Gasteiger partial charge in [0.15, 0.2) is 5.65 Å². The molecule has 2 rings (SSSR count). The highest BCUT2D eigenvalue weighted by molar-refractivity contribution is 9.10. The van der Waals surface area contributed by atoms with E-state index in [1.165, 1.54) is 0 Å². The van der Waals surface area contributed by atoms with E-state index < -0.39 is 0 Å². The maximum Gasteiger partial charge on any atom is 0.160 e. The van der Waals surface area contributed by atoms with Gasteiger partial charge in [0.1, 0.15) is 11.3 Å². The number of hydrogen-bond donors (Lipinski definition) is 0. The van der Waals surface area contributed by atoms with Crippen molar-refractivity contribution < 1.29 is 4.74 Å². The summed E-state index contributed by atoms with van der Waals surface area (Å²) >= 11 is 9.68. The van der Waals surface area contributed by atoms with Gasteiger partial charge in [-0.15, -0.1) is 11.6 Å². The lowest BCUT2D eigenvalue weighted by molar-refractivity contribution is 0.110. The van der Waals surface area contributed by atoms with Gasteiger partial charge in [-0.25, -0.2) is 9.97 Å². The van der Waals surface area contributed by atoms with Crippen LogP contribution in [0.2, 0.25) is 0 Å². The number of fused-ring (bicyclic) bond motifs is 1. The van der Waals surface area contributed by atoms with Crippen LogP contribution in [-0.4, -0.2) is 28.3 Å². The maximum absolute atomic E-state index is 6.26. The minimum Gasteiger partial charge on any atom is -0.382 e. The number of nitrogens with zero attached hydrogens (tertiary/aromatic N) is 3. The van der Waals surface area contributed by atoms with Gasteiger partial charge >= 0.3 is 0 Å². The number of halogens is 2. The molecule has 0 amide bonds. The van der Waals surface area contributed by atoms with Crippen molar-refractivity contribution in [3.63, 3.8) is 0 Å². The molecule has 0 spiro atoms. The Bertz CT molecular complexity index is 595. The van der Waals surface area contributed by atoms with E-state index in [4.69, 9.17) is 16.3 Å². The highest BCUT2D eigenvalue weighted by Crippen LogP contribution is 2.31. The Morgan fingerprint density at radius 1 is 1.53 bits per heavy atom. The van der Waals surface area contributed by atoms with E-state index in [-0.39, 0.29) is 10.9 Å². The quantitative estimate of drug-likeness (QED) is 0.789. The molecule has 0 N–H and O–H groups in total. The average Bonchev–Trinajstić information content (AvgIpc) is 2.67. The Hall–Kier alpha value is -0.650. The molecule has 2 aromatic heterocycles. The third-order valence-corrected chi connectivity index (χ3v) is 3.58. The van der Waals surface area contributed by atoms with Gasteiger partial charge in [0.05, 0.1) is 17.5 Å². The number of pyridine rings is 1. The van der Waals surface area contributed by atoms with E-state index in [2.05, 4.69) is 44.3 Å². The van der Waals surface area contributed by atoms with Crippen molar-refractivity contribution >= 4 is 38.7 Å². The summed E-state index contributed by atoms with van der Waals surface area (Å²) in [7, 11) is 1.69. The SMILES string of the molecule is COCC(C)(C)n1c(C(C)Cl)nc2cc(Br)cnc21. The molecule has 0 radical (unpaired) electrons. The molecule has 2 heterocycles. The fraction of sp³-hybridized carbons (Fsp3) is 0.538. The lowest BCUT2D eigenvalue weighted by atomic mass is 10.1. The van der Waals surface area contributed by atoms with Crippen LogP contribution in [0.25, 0.3) is 11.2 Å². The molecule has 104 valence electrons. The Morgan fingerprint density at radius 2 is 2.21 bits per heavy atom. The lowest BCUT2D eigenvalue weighted by Gasteiger charge is -2.28. The summed E-state index contributed by atoms with van der Waals surface area (Å²) in [6.45, 7) is 6.65. The number of hydrogen-bond acceptors (Lipinski definition) is 3. The lowest BCUT2D eigenvalue weighted by Crippen LogP contribution is -2.33. The Balaban J connectivity index is 2.72. The predicted octanol–water partition coefficient (Wildman–Crippen LogP) is 3.88. The summed E-state index contributed by atoms with van der Waals surface area (Å²) in [4.78, 5) is 9.08. The van der Waals surface area contributed by atoms with Crippen molar-refractivity contribution in [1.82, 2.24) is 14.5 Å². The van der Waals surface area contributed by atoms with Gasteiger partial charge in [-0.2, -0.15) is 0 Å². The molecule has 4 nitrogen and oxygen atoms in total. The molecular weight excluding hydrogens is 330 g/mol. The van der Waals surface area contributed by atoms with Crippen molar-refractivity contribution in [3.05, 3.63) is 22.6 Å². The fourth-order valence-corrected chi connectivity index (χ4v) is 2.70. The summed E-state index contributed by atoms with van der Waals surface area (Å²) < 4.78 is 8.28. The first-order valence-corrected chi connectivity index (χ1v) is 7.27. The zero-order chi connectivity index (χ0) is 14.2. The van der Waals surface area contributed by atoms with E-state index in [0.29, 0.717) is 6.61 Å². The fourth-order valence-electron chi connectivity index (χ4n) is 2.24. The van der Waals surface area contributed by atoms with Crippen molar-refractivity contribution in [2.24, 2.45) is 0 Å². The first-order valence-electron chi connectivity index (χ1n) is 6.04. The minimum atomic E-state index is -0.261. The number of imidazole rings is 1. The van der Waals surface area contributed by atoms with E-state index in [0.717, 1.165) is 21.5 Å². The van der Waals surface area contributed by atoms with Gasteiger partial charge in [0.25, 0.3) is 0 Å². The topological polar surface area (TPSA) is 39.9 Å². The second kappa shape index (κ2) is 5.38. The molecule has 0 aliphatic carbocycles. The predicted molar refractivity (Wildman–Crippen MR) is 80.7 cm³/mol. The summed E-state index contributed by atoms with van der Waals surface area (Å²) in [5, 5.41) is -0.191. The normalized spacial score (nSPS) is 14.0. The average molecular weight is 347 g/mol. The standard InChI is InChI=1S/C13H17BrClN3O/c1-8(15)11-17-10-5-9(14)6-16-12(10)18(11)13(2,3)7-19-4/h5-6,8H,7H2,1-4H3. The molecule has 0 aliphatic rings. The Morgan fingerprint density at radius 3 is 2.79 bits per heavy atom. The molecule has 2 aromatic rings. The highest BCUT2D eigenvalue weighted by atomic mass is 79.9. The van der Waals surface area contributed by atoms with Crippen LogP contribution in [0.5, 0.6) is 0 Å². The first-order chi connectivity index (χ1) is 8.86. The molecule has 0 saturated heterocycles. The summed E-state index contributed by atoms with van der Waals surface area (Å²) in [6.07, 6.45) is 1.77. The van der Waals surface area contributed by atoms with Gasteiger partial charge in [-0.1, -0.05) is 0 Å². The number of aromatic nitrogens is 3. The van der Waals surface area contributed by atoms with Gasteiger partial charge in [0.2, 0.25) is 0 Å². The van der Waals surface area contributed by atoms with Crippen LogP contribution in [0, 0.1) is 0 Å². The van der Waals surface area contributed by atoms with Crippen molar-refractivity contribution in [2.45, 2.75) is 31.7 Å². The van der Waals surface area contributed by atoms with Crippen LogP contribution in [0.1, 0.15) is 32.0 Å². The first kappa shape index (κ1) is 14.8. The zero-order valence-corrected chi connectivity index (χ0v) is 13.8. The summed E-state index contributed by atoms with van der Waals surface area (Å²) in [5.41, 5.74) is 1.40. The van der Waals surface area contributed by atoms with E-state index in [1.54, 1.807) is 13.3 Å². The van der Waals surface area contributed by atoms with Gasteiger partial charge in [-0.3, -0.25) is 0 Å². The van der Waals surface area contributed by atoms with Crippen LogP contribution in [0.4, 0.5) is 0 Å². The second-order valence-corrected chi connectivity index (χ2v) is 6.73. The minimum absolute atomic E-state index is 0.191. The van der Waals surface area contributed by atoms with Gasteiger partial charge in [-0.05, 0) is 42.8 Å². The molecule has 1 atom stereocenters. The van der Waals surface area contributed by atoms with E-state index >= 15 is 0 Å². The maximum atomic E-state index is 6.26. The number of methoxy groups -OCH3 is 1.